The maximum Gasteiger partial charge on any atom is -0.0246 e. The molecule has 144 valence electrons. The molecule has 4 aliphatic rings. The van der Waals surface area contributed by atoms with Crippen LogP contribution in [0.2, 0.25) is 0 Å². The predicted molar refractivity (Wildman–Crippen MR) is 102 cm³/mol. The van der Waals surface area contributed by atoms with E-state index in [0.29, 0.717) is 0 Å². The zero-order valence-corrected chi connectivity index (χ0v) is 16.6. The molecule has 4 aliphatic carbocycles. The van der Waals surface area contributed by atoms with Crippen LogP contribution in [0.15, 0.2) is 0 Å². The maximum atomic E-state index is 2.43. The Balaban J connectivity index is 0.000000222. The lowest BCUT2D eigenvalue weighted by atomic mass is 9.71. The summed E-state index contributed by atoms with van der Waals surface area (Å²) >= 11 is 0. The fourth-order valence-corrected chi connectivity index (χ4v) is 7.31. The summed E-state index contributed by atoms with van der Waals surface area (Å²) in [7, 11) is 0. The topological polar surface area (TPSA) is 0 Å². The van der Waals surface area contributed by atoms with Crippen LogP contribution >= 0.6 is 0 Å². The van der Waals surface area contributed by atoms with Crippen LogP contribution in [-0.4, -0.2) is 0 Å². The fourth-order valence-electron chi connectivity index (χ4n) is 7.31. The van der Waals surface area contributed by atoms with E-state index in [2.05, 4.69) is 27.7 Å². The summed E-state index contributed by atoms with van der Waals surface area (Å²) in [4.78, 5) is 0. The number of hydrogen-bond acceptors (Lipinski definition) is 0. The molecule has 0 spiro atoms. The Kier molecular flexibility index (Phi) is 7.75. The van der Waals surface area contributed by atoms with E-state index < -0.39 is 0 Å². The van der Waals surface area contributed by atoms with Gasteiger partial charge in [-0.1, -0.05) is 53.4 Å². The first kappa shape index (κ1) is 21.9. The quantitative estimate of drug-likeness (QED) is 0.485. The molecule has 0 atom stereocenters. The smallest absolute Gasteiger partial charge is 0.0246 e. The Morgan fingerprint density at radius 3 is 0.958 bits per heavy atom. The van der Waals surface area contributed by atoms with Gasteiger partial charge >= 0.3 is 0 Å². The van der Waals surface area contributed by atoms with Gasteiger partial charge in [0.25, 0.3) is 0 Å². The fraction of sp³-hybridized carbons (Fsp3) is 1.00. The van der Waals surface area contributed by atoms with Crippen molar-refractivity contribution in [3.63, 3.8) is 0 Å². The lowest BCUT2D eigenvalue weighted by Crippen LogP contribution is -2.26. The van der Waals surface area contributed by atoms with E-state index in [-0.39, 0.29) is 9.41 Å². The van der Waals surface area contributed by atoms with Crippen molar-refractivity contribution in [2.24, 2.45) is 34.5 Å². The van der Waals surface area contributed by atoms with E-state index in [9.17, 15) is 0 Å². The molecule has 0 bridgehead atoms. The second-order valence-electron chi connectivity index (χ2n) is 9.74. The molecule has 0 aromatic rings. The van der Waals surface area contributed by atoms with E-state index in [1.807, 2.05) is 0 Å². The van der Waals surface area contributed by atoms with Gasteiger partial charge in [0.15, 0.2) is 0 Å². The second-order valence-corrected chi connectivity index (χ2v) is 9.74. The van der Waals surface area contributed by atoms with E-state index in [1.54, 1.807) is 0 Å². The zero-order chi connectivity index (χ0) is 15.8. The van der Waals surface area contributed by atoms with Crippen LogP contribution in [-0.2, 0) is 0 Å². The minimum absolute atomic E-state index is 0. The van der Waals surface area contributed by atoms with E-state index in [0.717, 1.165) is 34.5 Å². The molecule has 4 fully saturated rings. The van der Waals surface area contributed by atoms with Gasteiger partial charge in [0.2, 0.25) is 0 Å². The largest absolute Gasteiger partial charge is 0.269 e. The first-order valence-electron chi connectivity index (χ1n) is 10.5. The van der Waals surface area contributed by atoms with Gasteiger partial charge in [0.05, 0.1) is 0 Å². The number of hydrogen-bond donors (Lipinski definition) is 0. The summed E-state index contributed by atoms with van der Waals surface area (Å²) in [6.07, 6.45) is 18.4. The summed E-state index contributed by atoms with van der Waals surface area (Å²) in [5.41, 5.74) is 1.61. The van der Waals surface area contributed by atoms with E-state index in [1.165, 1.54) is 77.0 Å². The minimum Gasteiger partial charge on any atom is -0.269 e. The summed E-state index contributed by atoms with van der Waals surface area (Å²) in [5, 5.41) is 0. The van der Waals surface area contributed by atoms with Crippen LogP contribution < -0.4 is 0 Å². The molecule has 0 N–H and O–H groups in total. The van der Waals surface area contributed by atoms with Crippen molar-refractivity contribution < 1.29 is 9.41 Å². The lowest BCUT2D eigenvalue weighted by Gasteiger charge is -2.33. The molecule has 2 heteroatoms. The van der Waals surface area contributed by atoms with Crippen LogP contribution in [0.1, 0.15) is 105 Å². The first-order chi connectivity index (χ1) is 10.5. The molecule has 0 aromatic carbocycles. The van der Waals surface area contributed by atoms with Crippen molar-refractivity contribution in [3.8, 4) is 0 Å². The molecular weight excluding hydrogens is 302 g/mol. The van der Waals surface area contributed by atoms with Crippen LogP contribution in [0.5, 0.6) is 0 Å². The SMILES string of the molecule is CC(C)C12CCCC1CCC2.CC(C)C12CCCC1CCC2.F.F. The third kappa shape index (κ3) is 3.54. The third-order valence-electron chi connectivity index (χ3n) is 8.71. The minimum atomic E-state index is 0. The highest BCUT2D eigenvalue weighted by Gasteiger charge is 2.48. The number of fused-ring (bicyclic) bond motifs is 2. The van der Waals surface area contributed by atoms with Crippen molar-refractivity contribution in [3.05, 3.63) is 0 Å². The standard InChI is InChI=1S/2C11H20.2FH/c2*1-9(2)11-7-3-5-10(11)6-4-8-11;;/h2*9-10H,3-8H2,1-2H3;2*1H. The van der Waals surface area contributed by atoms with Gasteiger partial charge in [0, 0.05) is 0 Å². The highest BCUT2D eigenvalue weighted by atomic mass is 19.0. The molecule has 0 nitrogen and oxygen atoms in total. The van der Waals surface area contributed by atoms with Crippen molar-refractivity contribution in [1.29, 1.82) is 0 Å². The van der Waals surface area contributed by atoms with E-state index >= 15 is 0 Å². The van der Waals surface area contributed by atoms with Gasteiger partial charge in [-0.2, -0.15) is 0 Å². The molecular formula is C22H42F2. The average Bonchev–Trinajstić information content (AvgIpc) is 3.18. The van der Waals surface area contributed by atoms with Gasteiger partial charge in [-0.3, -0.25) is 9.41 Å². The van der Waals surface area contributed by atoms with Crippen molar-refractivity contribution in [2.75, 3.05) is 0 Å². The van der Waals surface area contributed by atoms with Crippen LogP contribution in [0.25, 0.3) is 0 Å². The maximum absolute atomic E-state index is 2.43. The number of rotatable bonds is 2. The Hall–Kier alpha value is -0.140. The Bertz CT molecular complexity index is 318. The predicted octanol–water partition coefficient (Wildman–Crippen LogP) is 7.53. The molecule has 0 aromatic heterocycles. The van der Waals surface area contributed by atoms with Gasteiger partial charge in [-0.05, 0) is 85.9 Å². The Morgan fingerprint density at radius 1 is 0.542 bits per heavy atom. The van der Waals surface area contributed by atoms with Gasteiger partial charge in [-0.25, -0.2) is 0 Å². The van der Waals surface area contributed by atoms with Crippen molar-refractivity contribution in [1.82, 2.24) is 0 Å². The van der Waals surface area contributed by atoms with E-state index in [4.69, 9.17) is 0 Å². The van der Waals surface area contributed by atoms with Gasteiger partial charge in [0.1, 0.15) is 0 Å². The monoisotopic (exact) mass is 344 g/mol. The van der Waals surface area contributed by atoms with Crippen molar-refractivity contribution in [2.45, 2.75) is 105 Å². The molecule has 0 saturated heterocycles. The van der Waals surface area contributed by atoms with Crippen LogP contribution in [0.3, 0.4) is 0 Å². The highest BCUT2D eigenvalue weighted by Crippen LogP contribution is 2.59. The normalized spacial score (nSPS) is 39.8. The summed E-state index contributed by atoms with van der Waals surface area (Å²) < 4.78 is 0. The Morgan fingerprint density at radius 2 is 0.792 bits per heavy atom. The molecule has 0 aliphatic heterocycles. The van der Waals surface area contributed by atoms with Crippen LogP contribution in [0.4, 0.5) is 9.41 Å². The summed E-state index contributed by atoms with van der Waals surface area (Å²) in [5.74, 6) is 4.11. The van der Waals surface area contributed by atoms with Gasteiger partial charge < -0.3 is 0 Å². The molecule has 4 saturated carbocycles. The Labute approximate surface area is 149 Å². The highest BCUT2D eigenvalue weighted by molar-refractivity contribution is 4.98. The molecule has 24 heavy (non-hydrogen) atoms. The zero-order valence-electron chi connectivity index (χ0n) is 16.6. The second kappa shape index (κ2) is 8.49. The van der Waals surface area contributed by atoms with Crippen LogP contribution in [0, 0.1) is 34.5 Å². The first-order valence-corrected chi connectivity index (χ1v) is 10.5. The molecule has 0 unspecified atom stereocenters. The summed E-state index contributed by atoms with van der Waals surface area (Å²) in [6, 6.07) is 0. The molecule has 0 amide bonds. The number of halogens is 2. The van der Waals surface area contributed by atoms with Gasteiger partial charge in [-0.15, -0.1) is 0 Å². The average molecular weight is 345 g/mol. The molecule has 4 rings (SSSR count). The molecule has 0 radical (unpaired) electrons. The lowest BCUT2D eigenvalue weighted by molar-refractivity contribution is 0.155. The third-order valence-corrected chi connectivity index (χ3v) is 8.71. The molecule has 0 heterocycles. The van der Waals surface area contributed by atoms with Crippen molar-refractivity contribution >= 4 is 0 Å². The summed E-state index contributed by atoms with van der Waals surface area (Å²) in [6.45, 7) is 9.74.